The number of hydrogen-bond donors (Lipinski definition) is 1. The number of ether oxygens (including phenoxy) is 4. The monoisotopic (exact) mass is 278 g/mol. The Hall–Kier alpha value is -0.850. The van der Waals surface area contributed by atoms with E-state index in [0.29, 0.717) is 26.2 Å². The molecule has 0 aliphatic carbocycles. The summed E-state index contributed by atoms with van der Waals surface area (Å²) >= 11 is 0. The molecule has 19 heavy (non-hydrogen) atoms. The Labute approximate surface area is 115 Å². The molecule has 0 radical (unpaired) electrons. The summed E-state index contributed by atoms with van der Waals surface area (Å²) in [5.41, 5.74) is 0. The van der Waals surface area contributed by atoms with Crippen LogP contribution in [-0.2, 0) is 18.9 Å². The summed E-state index contributed by atoms with van der Waals surface area (Å²) in [7, 11) is 1.63. The molecule has 2 unspecified atom stereocenters. The SMILES string of the molecule is CCOCCCC(COC(=O)O)OCC(CC)OC. The first-order valence-electron chi connectivity index (χ1n) is 6.71. The van der Waals surface area contributed by atoms with Gasteiger partial charge < -0.3 is 24.1 Å². The molecule has 0 saturated carbocycles. The standard InChI is InChI=1S/C13H26O6/c1-4-11(16-3)9-18-12(10-19-13(14)15)7-6-8-17-5-2/h11-12H,4-10H2,1-3H3,(H,14,15). The highest BCUT2D eigenvalue weighted by Crippen LogP contribution is 2.07. The molecule has 0 aromatic rings. The zero-order valence-corrected chi connectivity index (χ0v) is 12.1. The minimum absolute atomic E-state index is 0.0271. The second-order valence-electron chi connectivity index (χ2n) is 4.14. The molecule has 0 fully saturated rings. The molecule has 0 aromatic heterocycles. The van der Waals surface area contributed by atoms with Gasteiger partial charge in [-0.05, 0) is 26.2 Å². The lowest BCUT2D eigenvalue weighted by Crippen LogP contribution is -2.27. The molecule has 2 atom stereocenters. The van der Waals surface area contributed by atoms with Crippen LogP contribution in [0.4, 0.5) is 4.79 Å². The fraction of sp³-hybridized carbons (Fsp3) is 0.923. The smallest absolute Gasteiger partial charge is 0.450 e. The molecular weight excluding hydrogens is 252 g/mol. The van der Waals surface area contributed by atoms with Crippen LogP contribution >= 0.6 is 0 Å². The number of hydrogen-bond acceptors (Lipinski definition) is 5. The summed E-state index contributed by atoms with van der Waals surface area (Å²) in [5, 5.41) is 8.51. The maximum absolute atomic E-state index is 10.4. The van der Waals surface area contributed by atoms with Crippen molar-refractivity contribution in [1.29, 1.82) is 0 Å². The molecule has 0 aromatic carbocycles. The van der Waals surface area contributed by atoms with Crippen molar-refractivity contribution in [2.75, 3.05) is 33.5 Å². The molecule has 6 heteroatoms. The van der Waals surface area contributed by atoms with Crippen molar-refractivity contribution < 1.29 is 28.8 Å². The number of methoxy groups -OCH3 is 1. The highest BCUT2D eigenvalue weighted by atomic mass is 16.7. The van der Waals surface area contributed by atoms with Gasteiger partial charge in [0, 0.05) is 20.3 Å². The minimum Gasteiger partial charge on any atom is -0.450 e. The van der Waals surface area contributed by atoms with E-state index in [1.54, 1.807) is 7.11 Å². The van der Waals surface area contributed by atoms with Crippen molar-refractivity contribution in [2.24, 2.45) is 0 Å². The van der Waals surface area contributed by atoms with E-state index in [1.807, 2.05) is 13.8 Å². The first-order valence-corrected chi connectivity index (χ1v) is 6.71. The van der Waals surface area contributed by atoms with Crippen LogP contribution in [-0.4, -0.2) is 57.0 Å². The molecule has 114 valence electrons. The second kappa shape index (κ2) is 12.2. The molecule has 0 heterocycles. The van der Waals surface area contributed by atoms with Gasteiger partial charge in [-0.2, -0.15) is 0 Å². The average molecular weight is 278 g/mol. The topological polar surface area (TPSA) is 74.2 Å². The second-order valence-corrected chi connectivity index (χ2v) is 4.14. The quantitative estimate of drug-likeness (QED) is 0.436. The van der Waals surface area contributed by atoms with Gasteiger partial charge in [-0.1, -0.05) is 6.92 Å². The van der Waals surface area contributed by atoms with Crippen LogP contribution in [0.3, 0.4) is 0 Å². The Morgan fingerprint density at radius 3 is 2.47 bits per heavy atom. The predicted molar refractivity (Wildman–Crippen MR) is 70.5 cm³/mol. The third kappa shape index (κ3) is 10.7. The van der Waals surface area contributed by atoms with E-state index in [-0.39, 0.29) is 18.8 Å². The lowest BCUT2D eigenvalue weighted by atomic mass is 10.2. The van der Waals surface area contributed by atoms with Gasteiger partial charge in [0.1, 0.15) is 6.61 Å². The molecule has 0 aliphatic rings. The van der Waals surface area contributed by atoms with Crippen molar-refractivity contribution in [3.8, 4) is 0 Å². The molecule has 0 bridgehead atoms. The molecular formula is C13H26O6. The van der Waals surface area contributed by atoms with E-state index < -0.39 is 6.16 Å². The fourth-order valence-corrected chi connectivity index (χ4v) is 1.53. The van der Waals surface area contributed by atoms with Gasteiger partial charge in [-0.15, -0.1) is 0 Å². The highest BCUT2D eigenvalue weighted by Gasteiger charge is 2.14. The Bertz CT molecular complexity index is 217. The van der Waals surface area contributed by atoms with E-state index in [9.17, 15) is 4.79 Å². The van der Waals surface area contributed by atoms with Crippen molar-refractivity contribution in [3.05, 3.63) is 0 Å². The van der Waals surface area contributed by atoms with Crippen LogP contribution in [0.1, 0.15) is 33.1 Å². The van der Waals surface area contributed by atoms with Gasteiger partial charge in [0.05, 0.1) is 18.8 Å². The van der Waals surface area contributed by atoms with Crippen LogP contribution < -0.4 is 0 Å². The number of carboxylic acid groups (broad SMARTS) is 1. The molecule has 0 rings (SSSR count). The number of rotatable bonds is 12. The third-order valence-electron chi connectivity index (χ3n) is 2.72. The van der Waals surface area contributed by atoms with Gasteiger partial charge in [-0.25, -0.2) is 4.79 Å². The van der Waals surface area contributed by atoms with E-state index in [0.717, 1.165) is 12.8 Å². The molecule has 6 nitrogen and oxygen atoms in total. The summed E-state index contributed by atoms with van der Waals surface area (Å²) in [6.07, 6.45) is 0.859. The summed E-state index contributed by atoms with van der Waals surface area (Å²) in [4.78, 5) is 10.4. The molecule has 0 amide bonds. The summed E-state index contributed by atoms with van der Waals surface area (Å²) in [6, 6.07) is 0. The number of carbonyl (C=O) groups is 1. The Morgan fingerprint density at radius 2 is 1.95 bits per heavy atom. The van der Waals surface area contributed by atoms with Gasteiger partial charge >= 0.3 is 6.16 Å². The zero-order chi connectivity index (χ0) is 14.5. The van der Waals surface area contributed by atoms with Crippen LogP contribution in [0.2, 0.25) is 0 Å². The fourth-order valence-electron chi connectivity index (χ4n) is 1.53. The molecule has 1 N–H and O–H groups in total. The molecule has 0 saturated heterocycles. The predicted octanol–water partition coefficient (Wildman–Crippen LogP) is 2.31. The van der Waals surface area contributed by atoms with E-state index >= 15 is 0 Å². The molecule has 0 spiro atoms. The van der Waals surface area contributed by atoms with E-state index in [4.69, 9.17) is 19.3 Å². The van der Waals surface area contributed by atoms with Crippen molar-refractivity contribution in [2.45, 2.75) is 45.3 Å². The first kappa shape index (κ1) is 18.1. The van der Waals surface area contributed by atoms with Crippen LogP contribution in [0.15, 0.2) is 0 Å². The molecule has 0 aliphatic heterocycles. The highest BCUT2D eigenvalue weighted by molar-refractivity contribution is 5.56. The largest absolute Gasteiger partial charge is 0.505 e. The first-order chi connectivity index (χ1) is 9.13. The summed E-state index contributed by atoms with van der Waals surface area (Å²) in [6.45, 7) is 5.75. The Balaban J connectivity index is 3.97. The van der Waals surface area contributed by atoms with Crippen molar-refractivity contribution in [3.63, 3.8) is 0 Å². The summed E-state index contributed by atoms with van der Waals surface area (Å²) in [5.74, 6) is 0. The zero-order valence-electron chi connectivity index (χ0n) is 12.1. The maximum atomic E-state index is 10.4. The lowest BCUT2D eigenvalue weighted by molar-refractivity contribution is -0.0572. The Kier molecular flexibility index (Phi) is 11.7. The third-order valence-corrected chi connectivity index (χ3v) is 2.72. The Morgan fingerprint density at radius 1 is 1.21 bits per heavy atom. The summed E-state index contributed by atoms with van der Waals surface area (Å²) < 4.78 is 20.7. The maximum Gasteiger partial charge on any atom is 0.505 e. The average Bonchev–Trinajstić information content (AvgIpc) is 2.40. The van der Waals surface area contributed by atoms with Gasteiger partial charge in [0.2, 0.25) is 0 Å². The van der Waals surface area contributed by atoms with E-state index in [1.165, 1.54) is 0 Å². The van der Waals surface area contributed by atoms with E-state index in [2.05, 4.69) is 4.74 Å². The van der Waals surface area contributed by atoms with Crippen LogP contribution in [0.25, 0.3) is 0 Å². The minimum atomic E-state index is -1.28. The van der Waals surface area contributed by atoms with Gasteiger partial charge in [-0.3, -0.25) is 0 Å². The van der Waals surface area contributed by atoms with Crippen LogP contribution in [0, 0.1) is 0 Å². The van der Waals surface area contributed by atoms with Crippen molar-refractivity contribution >= 4 is 6.16 Å². The van der Waals surface area contributed by atoms with Crippen LogP contribution in [0.5, 0.6) is 0 Å². The van der Waals surface area contributed by atoms with Gasteiger partial charge in [0.15, 0.2) is 0 Å². The van der Waals surface area contributed by atoms with Crippen molar-refractivity contribution in [1.82, 2.24) is 0 Å². The lowest BCUT2D eigenvalue weighted by Gasteiger charge is -2.20. The normalized spacial score (nSPS) is 14.1. The van der Waals surface area contributed by atoms with Gasteiger partial charge in [0.25, 0.3) is 0 Å².